The molecule has 16 heavy (non-hydrogen) atoms. The lowest BCUT2D eigenvalue weighted by Crippen LogP contribution is -2.53. The van der Waals surface area contributed by atoms with Crippen molar-refractivity contribution < 1.29 is 9.53 Å². The molecule has 2 aliphatic heterocycles. The molecular weight excluding hydrogens is 204 g/mol. The number of hydrogen-bond donors (Lipinski definition) is 0. The highest BCUT2D eigenvalue weighted by Gasteiger charge is 2.30. The van der Waals surface area contributed by atoms with Gasteiger partial charge in [-0.05, 0) is 12.8 Å². The Morgan fingerprint density at radius 3 is 2.94 bits per heavy atom. The third-order valence-corrected chi connectivity index (χ3v) is 3.55. The monoisotopic (exact) mass is 226 g/mol. The summed E-state index contributed by atoms with van der Waals surface area (Å²) in [5.41, 5.74) is 0. The van der Waals surface area contributed by atoms with Gasteiger partial charge in [-0.1, -0.05) is 13.3 Å². The number of nitrogens with zero attached hydrogens (tertiary/aromatic N) is 2. The predicted octanol–water partition coefficient (Wildman–Crippen LogP) is 0.720. The number of ether oxygens (including phenoxy) is 1. The number of hydrogen-bond acceptors (Lipinski definition) is 3. The fourth-order valence-electron chi connectivity index (χ4n) is 2.43. The predicted molar refractivity (Wildman–Crippen MR) is 62.3 cm³/mol. The largest absolute Gasteiger partial charge is 0.380 e. The summed E-state index contributed by atoms with van der Waals surface area (Å²) in [6.45, 7) is 7.27. The van der Waals surface area contributed by atoms with Crippen LogP contribution in [0.2, 0.25) is 0 Å². The molecule has 4 nitrogen and oxygen atoms in total. The first-order chi connectivity index (χ1) is 7.81. The van der Waals surface area contributed by atoms with Gasteiger partial charge < -0.3 is 9.64 Å². The van der Waals surface area contributed by atoms with Crippen molar-refractivity contribution in [2.75, 3.05) is 39.4 Å². The molecule has 0 spiro atoms. The normalized spacial score (nSPS) is 27.7. The molecule has 0 saturated carbocycles. The molecule has 0 N–H and O–H groups in total. The van der Waals surface area contributed by atoms with Crippen molar-refractivity contribution in [3.8, 4) is 0 Å². The number of unbranched alkanes of at least 4 members (excludes halogenated alkanes) is 1. The average molecular weight is 226 g/mol. The Bertz CT molecular complexity index is 239. The van der Waals surface area contributed by atoms with Crippen LogP contribution in [-0.4, -0.2) is 61.1 Å². The number of piperazine rings is 1. The van der Waals surface area contributed by atoms with Crippen LogP contribution in [0.4, 0.5) is 0 Å². The van der Waals surface area contributed by atoms with Crippen LogP contribution < -0.4 is 0 Å². The van der Waals surface area contributed by atoms with Crippen LogP contribution in [0.15, 0.2) is 0 Å². The van der Waals surface area contributed by atoms with E-state index in [1.54, 1.807) is 0 Å². The molecule has 0 aromatic heterocycles. The van der Waals surface area contributed by atoms with Gasteiger partial charge in [0.2, 0.25) is 5.91 Å². The Morgan fingerprint density at radius 2 is 2.31 bits per heavy atom. The van der Waals surface area contributed by atoms with Crippen molar-refractivity contribution in [3.05, 3.63) is 0 Å². The van der Waals surface area contributed by atoms with Crippen molar-refractivity contribution in [3.63, 3.8) is 0 Å². The van der Waals surface area contributed by atoms with Crippen LogP contribution in [0.3, 0.4) is 0 Å². The van der Waals surface area contributed by atoms with Crippen molar-refractivity contribution in [2.45, 2.75) is 32.2 Å². The summed E-state index contributed by atoms with van der Waals surface area (Å²) >= 11 is 0. The zero-order chi connectivity index (χ0) is 11.4. The van der Waals surface area contributed by atoms with E-state index in [1.807, 2.05) is 4.90 Å². The maximum absolute atomic E-state index is 11.9. The standard InChI is InChI=1S/C12H22N2O2/c1-2-3-5-13-6-7-14(9-12(13)15)11-4-8-16-10-11/h11H,2-10H2,1H3/t11-/m0/s1. The molecule has 0 unspecified atom stereocenters. The number of carbonyl (C=O) groups is 1. The smallest absolute Gasteiger partial charge is 0.236 e. The van der Waals surface area contributed by atoms with Crippen LogP contribution in [0, 0.1) is 0 Å². The van der Waals surface area contributed by atoms with E-state index < -0.39 is 0 Å². The molecule has 1 atom stereocenters. The Morgan fingerprint density at radius 1 is 1.44 bits per heavy atom. The molecular formula is C12H22N2O2. The minimum atomic E-state index is 0.298. The molecule has 2 heterocycles. The van der Waals surface area contributed by atoms with Crippen molar-refractivity contribution >= 4 is 5.91 Å². The first kappa shape index (κ1) is 11.9. The van der Waals surface area contributed by atoms with E-state index in [2.05, 4.69) is 11.8 Å². The fraction of sp³-hybridized carbons (Fsp3) is 0.917. The molecule has 4 heteroatoms. The molecule has 0 radical (unpaired) electrons. The van der Waals surface area contributed by atoms with E-state index in [4.69, 9.17) is 4.74 Å². The lowest BCUT2D eigenvalue weighted by molar-refractivity contribution is -0.137. The Labute approximate surface area is 97.5 Å². The minimum absolute atomic E-state index is 0.298. The highest BCUT2D eigenvalue weighted by Crippen LogP contribution is 2.15. The molecule has 1 amide bonds. The lowest BCUT2D eigenvalue weighted by atomic mass is 10.2. The summed E-state index contributed by atoms with van der Waals surface area (Å²) in [7, 11) is 0. The van der Waals surface area contributed by atoms with Crippen molar-refractivity contribution in [1.82, 2.24) is 9.80 Å². The Balaban J connectivity index is 1.79. The molecule has 2 aliphatic rings. The van der Waals surface area contributed by atoms with Gasteiger partial charge in [-0.2, -0.15) is 0 Å². The molecule has 2 rings (SSSR count). The van der Waals surface area contributed by atoms with Gasteiger partial charge in [0.15, 0.2) is 0 Å². The van der Waals surface area contributed by atoms with Crippen LogP contribution in [0.25, 0.3) is 0 Å². The summed E-state index contributed by atoms with van der Waals surface area (Å²) in [4.78, 5) is 16.2. The Kier molecular flexibility index (Phi) is 4.18. The van der Waals surface area contributed by atoms with Gasteiger partial charge in [-0.3, -0.25) is 9.69 Å². The first-order valence-corrected chi connectivity index (χ1v) is 6.41. The molecule has 0 bridgehead atoms. The van der Waals surface area contributed by atoms with E-state index in [1.165, 1.54) is 0 Å². The van der Waals surface area contributed by atoms with Crippen LogP contribution in [0.1, 0.15) is 26.2 Å². The quantitative estimate of drug-likeness (QED) is 0.708. The van der Waals surface area contributed by atoms with Crippen LogP contribution in [-0.2, 0) is 9.53 Å². The van der Waals surface area contributed by atoms with Gasteiger partial charge in [0.05, 0.1) is 13.2 Å². The van der Waals surface area contributed by atoms with Crippen LogP contribution in [0.5, 0.6) is 0 Å². The molecule has 2 fully saturated rings. The third-order valence-electron chi connectivity index (χ3n) is 3.55. The van der Waals surface area contributed by atoms with Gasteiger partial charge in [0.1, 0.15) is 0 Å². The number of carbonyl (C=O) groups excluding carboxylic acids is 1. The first-order valence-electron chi connectivity index (χ1n) is 6.41. The molecule has 92 valence electrons. The number of rotatable bonds is 4. The van der Waals surface area contributed by atoms with Gasteiger partial charge in [-0.15, -0.1) is 0 Å². The summed E-state index contributed by atoms with van der Waals surface area (Å²) < 4.78 is 5.37. The second kappa shape index (κ2) is 5.64. The SMILES string of the molecule is CCCCN1CCN([C@H]2CCOC2)CC1=O. The summed E-state index contributed by atoms with van der Waals surface area (Å²) in [6.07, 6.45) is 3.37. The van der Waals surface area contributed by atoms with Crippen LogP contribution >= 0.6 is 0 Å². The Hall–Kier alpha value is -0.610. The van der Waals surface area contributed by atoms with Crippen molar-refractivity contribution in [2.24, 2.45) is 0 Å². The average Bonchev–Trinajstić information content (AvgIpc) is 2.81. The van der Waals surface area contributed by atoms with Gasteiger partial charge in [0.25, 0.3) is 0 Å². The van der Waals surface area contributed by atoms with Gasteiger partial charge in [-0.25, -0.2) is 0 Å². The summed E-state index contributed by atoms with van der Waals surface area (Å²) in [5.74, 6) is 0.298. The van der Waals surface area contributed by atoms with Gasteiger partial charge >= 0.3 is 0 Å². The van der Waals surface area contributed by atoms with Crippen molar-refractivity contribution in [1.29, 1.82) is 0 Å². The number of amides is 1. The molecule has 2 saturated heterocycles. The molecule has 0 aromatic rings. The van der Waals surface area contributed by atoms with E-state index in [-0.39, 0.29) is 0 Å². The fourth-order valence-corrected chi connectivity index (χ4v) is 2.43. The zero-order valence-electron chi connectivity index (χ0n) is 10.2. The van der Waals surface area contributed by atoms with E-state index >= 15 is 0 Å². The topological polar surface area (TPSA) is 32.8 Å². The van der Waals surface area contributed by atoms with E-state index in [0.29, 0.717) is 18.5 Å². The maximum Gasteiger partial charge on any atom is 0.236 e. The highest BCUT2D eigenvalue weighted by atomic mass is 16.5. The van der Waals surface area contributed by atoms with Gasteiger partial charge in [0, 0.05) is 32.3 Å². The summed E-state index contributed by atoms with van der Waals surface area (Å²) in [5, 5.41) is 0. The zero-order valence-corrected chi connectivity index (χ0v) is 10.2. The second-order valence-electron chi connectivity index (χ2n) is 4.72. The lowest BCUT2D eigenvalue weighted by Gasteiger charge is -2.37. The molecule has 0 aliphatic carbocycles. The molecule has 0 aromatic carbocycles. The maximum atomic E-state index is 11.9. The summed E-state index contributed by atoms with van der Waals surface area (Å²) in [6, 6.07) is 0.484. The van der Waals surface area contributed by atoms with E-state index in [9.17, 15) is 4.79 Å². The minimum Gasteiger partial charge on any atom is -0.380 e. The van der Waals surface area contributed by atoms with E-state index in [0.717, 1.165) is 52.1 Å². The highest BCUT2D eigenvalue weighted by molar-refractivity contribution is 5.79. The third kappa shape index (κ3) is 2.74. The second-order valence-corrected chi connectivity index (χ2v) is 4.72.